The molecule has 0 saturated carbocycles. The number of para-hydroxylation sites is 1. The molecule has 7 nitrogen and oxygen atoms in total. The Morgan fingerprint density at radius 1 is 0.943 bits per heavy atom. The summed E-state index contributed by atoms with van der Waals surface area (Å²) in [4.78, 5) is 27.5. The van der Waals surface area contributed by atoms with Crippen molar-refractivity contribution < 1.29 is 23.4 Å². The lowest BCUT2D eigenvalue weighted by molar-refractivity contribution is 0.0590. The monoisotopic (exact) mass is 471 g/mol. The van der Waals surface area contributed by atoms with Crippen LogP contribution in [0.5, 0.6) is 17.2 Å². The Balaban J connectivity index is 1.55. The summed E-state index contributed by atoms with van der Waals surface area (Å²) >= 11 is 0. The van der Waals surface area contributed by atoms with Crippen LogP contribution in [0.4, 0.5) is 0 Å². The topological polar surface area (TPSA) is 78.2 Å². The highest BCUT2D eigenvalue weighted by Crippen LogP contribution is 2.39. The summed E-state index contributed by atoms with van der Waals surface area (Å²) in [6.45, 7) is 0.663. The number of rotatable bonds is 6. The lowest BCUT2D eigenvalue weighted by Crippen LogP contribution is -2.42. The third-order valence-corrected chi connectivity index (χ3v) is 6.29. The van der Waals surface area contributed by atoms with Crippen LogP contribution in [0.15, 0.2) is 82.0 Å². The van der Waals surface area contributed by atoms with E-state index < -0.39 is 11.7 Å². The zero-order valence-corrected chi connectivity index (χ0v) is 19.5. The quantitative estimate of drug-likeness (QED) is 0.382. The SMILES string of the molecule is COc1cc2c(cc1OC)C(COc1cc(=O)oc3ccccc13)N(C(=O)c1ccccc1)CC2. The highest BCUT2D eigenvalue weighted by atomic mass is 16.5. The predicted molar refractivity (Wildman–Crippen MR) is 131 cm³/mol. The molecule has 5 rings (SSSR count). The number of benzene rings is 3. The van der Waals surface area contributed by atoms with Gasteiger partial charge in [-0.3, -0.25) is 4.79 Å². The van der Waals surface area contributed by atoms with Crippen molar-refractivity contribution in [2.45, 2.75) is 12.5 Å². The van der Waals surface area contributed by atoms with E-state index in [0.29, 0.717) is 46.7 Å². The van der Waals surface area contributed by atoms with Crippen LogP contribution in [0.25, 0.3) is 11.0 Å². The standard InChI is InChI=1S/C28H25NO6/c1-32-25-14-19-12-13-29(28(31)18-8-4-3-5-9-18)22(21(19)15-26(25)33-2)17-34-24-16-27(30)35-23-11-7-6-10-20(23)24/h3-11,14-16,22H,12-13,17H2,1-2H3. The first-order valence-electron chi connectivity index (χ1n) is 11.4. The van der Waals surface area contributed by atoms with Crippen molar-refractivity contribution in [1.82, 2.24) is 4.90 Å². The van der Waals surface area contributed by atoms with E-state index in [-0.39, 0.29) is 12.5 Å². The van der Waals surface area contributed by atoms with Gasteiger partial charge in [-0.25, -0.2) is 4.79 Å². The maximum Gasteiger partial charge on any atom is 0.339 e. The Morgan fingerprint density at radius 2 is 1.66 bits per heavy atom. The highest BCUT2D eigenvalue weighted by Gasteiger charge is 2.33. The van der Waals surface area contributed by atoms with Crippen molar-refractivity contribution in [3.8, 4) is 17.2 Å². The number of hydrogen-bond donors (Lipinski definition) is 0. The second-order valence-corrected chi connectivity index (χ2v) is 8.27. The van der Waals surface area contributed by atoms with Gasteiger partial charge in [0.05, 0.1) is 31.7 Å². The predicted octanol–water partition coefficient (Wildman–Crippen LogP) is 4.63. The molecule has 3 aromatic carbocycles. The summed E-state index contributed by atoms with van der Waals surface area (Å²) in [7, 11) is 3.19. The molecule has 1 atom stereocenters. The first-order chi connectivity index (χ1) is 17.1. The third kappa shape index (κ3) is 4.33. The van der Waals surface area contributed by atoms with Crippen LogP contribution >= 0.6 is 0 Å². The summed E-state index contributed by atoms with van der Waals surface area (Å²) in [5.41, 5.74) is 2.54. The van der Waals surface area contributed by atoms with Crippen molar-refractivity contribution in [3.63, 3.8) is 0 Å². The molecule has 35 heavy (non-hydrogen) atoms. The maximum atomic E-state index is 13.5. The van der Waals surface area contributed by atoms with E-state index in [0.717, 1.165) is 11.1 Å². The Labute approximate surface area is 202 Å². The number of nitrogens with zero attached hydrogens (tertiary/aromatic N) is 1. The largest absolute Gasteiger partial charge is 0.493 e. The number of methoxy groups -OCH3 is 2. The maximum absolute atomic E-state index is 13.5. The van der Waals surface area contributed by atoms with Gasteiger partial charge in [-0.2, -0.15) is 0 Å². The second kappa shape index (κ2) is 9.54. The van der Waals surface area contributed by atoms with Gasteiger partial charge in [0.25, 0.3) is 5.91 Å². The average Bonchev–Trinajstić information content (AvgIpc) is 2.90. The van der Waals surface area contributed by atoms with Gasteiger partial charge in [0, 0.05) is 12.1 Å². The fourth-order valence-electron chi connectivity index (χ4n) is 4.57. The number of amides is 1. The van der Waals surface area contributed by atoms with Gasteiger partial charge in [0.15, 0.2) is 11.5 Å². The minimum atomic E-state index is -0.494. The number of ether oxygens (including phenoxy) is 3. The lowest BCUT2D eigenvalue weighted by atomic mass is 9.91. The summed E-state index contributed by atoms with van der Waals surface area (Å²) < 4.78 is 22.5. The molecule has 4 aromatic rings. The molecule has 1 unspecified atom stereocenters. The molecule has 0 bridgehead atoms. The first kappa shape index (κ1) is 22.5. The first-order valence-corrected chi connectivity index (χ1v) is 11.4. The fraction of sp³-hybridized carbons (Fsp3) is 0.214. The third-order valence-electron chi connectivity index (χ3n) is 6.29. The van der Waals surface area contributed by atoms with Crippen molar-refractivity contribution in [3.05, 3.63) is 99.9 Å². The zero-order chi connectivity index (χ0) is 24.4. The van der Waals surface area contributed by atoms with Crippen molar-refractivity contribution in [1.29, 1.82) is 0 Å². The van der Waals surface area contributed by atoms with Crippen molar-refractivity contribution >= 4 is 16.9 Å². The van der Waals surface area contributed by atoms with E-state index in [9.17, 15) is 9.59 Å². The molecule has 1 aromatic heterocycles. The van der Waals surface area contributed by atoms with Crippen LogP contribution in [0.2, 0.25) is 0 Å². The Hall–Kier alpha value is -4.26. The van der Waals surface area contributed by atoms with Gasteiger partial charge in [-0.1, -0.05) is 30.3 Å². The van der Waals surface area contributed by atoms with E-state index in [2.05, 4.69) is 0 Å². The molecule has 0 aliphatic carbocycles. The van der Waals surface area contributed by atoms with Gasteiger partial charge in [0.1, 0.15) is 17.9 Å². The van der Waals surface area contributed by atoms with E-state index in [1.54, 1.807) is 38.5 Å². The van der Waals surface area contributed by atoms with Crippen LogP contribution in [0, 0.1) is 0 Å². The zero-order valence-electron chi connectivity index (χ0n) is 19.5. The average molecular weight is 472 g/mol. The molecule has 7 heteroatoms. The van der Waals surface area contributed by atoms with E-state index >= 15 is 0 Å². The van der Waals surface area contributed by atoms with E-state index in [1.807, 2.05) is 47.4 Å². The highest BCUT2D eigenvalue weighted by molar-refractivity contribution is 5.94. The van der Waals surface area contributed by atoms with Gasteiger partial charge in [0.2, 0.25) is 0 Å². The molecule has 0 N–H and O–H groups in total. The number of fused-ring (bicyclic) bond motifs is 2. The summed E-state index contributed by atoms with van der Waals surface area (Å²) in [5.74, 6) is 1.55. The molecule has 1 aliphatic heterocycles. The molecule has 0 radical (unpaired) electrons. The Kier molecular flexibility index (Phi) is 6.14. The lowest BCUT2D eigenvalue weighted by Gasteiger charge is -2.37. The smallest absolute Gasteiger partial charge is 0.339 e. The molecule has 1 aliphatic rings. The second-order valence-electron chi connectivity index (χ2n) is 8.27. The van der Waals surface area contributed by atoms with E-state index in [1.165, 1.54) is 6.07 Å². The molecule has 178 valence electrons. The van der Waals surface area contributed by atoms with Crippen LogP contribution in [0.1, 0.15) is 27.5 Å². The molecular formula is C28H25NO6. The van der Waals surface area contributed by atoms with Crippen LogP contribution in [0.3, 0.4) is 0 Å². The molecule has 2 heterocycles. The van der Waals surface area contributed by atoms with Crippen molar-refractivity contribution in [2.75, 3.05) is 27.4 Å². The van der Waals surface area contributed by atoms with Crippen LogP contribution in [-0.4, -0.2) is 38.2 Å². The van der Waals surface area contributed by atoms with Crippen LogP contribution < -0.4 is 19.8 Å². The van der Waals surface area contributed by atoms with Gasteiger partial charge < -0.3 is 23.5 Å². The number of hydrogen-bond acceptors (Lipinski definition) is 6. The van der Waals surface area contributed by atoms with Gasteiger partial charge >= 0.3 is 5.63 Å². The number of carbonyl (C=O) groups is 1. The molecule has 0 fully saturated rings. The fourth-order valence-corrected chi connectivity index (χ4v) is 4.57. The number of carbonyl (C=O) groups excluding carboxylic acids is 1. The van der Waals surface area contributed by atoms with Crippen molar-refractivity contribution in [2.24, 2.45) is 0 Å². The van der Waals surface area contributed by atoms with E-state index in [4.69, 9.17) is 18.6 Å². The van der Waals surface area contributed by atoms with Crippen LogP contribution in [-0.2, 0) is 6.42 Å². The molecule has 0 spiro atoms. The summed E-state index contributed by atoms with van der Waals surface area (Å²) in [6, 6.07) is 21.2. The molecule has 1 amide bonds. The minimum absolute atomic E-state index is 0.0860. The minimum Gasteiger partial charge on any atom is -0.493 e. The molecule has 0 saturated heterocycles. The van der Waals surface area contributed by atoms with Gasteiger partial charge in [-0.05, 0) is 53.9 Å². The Morgan fingerprint density at radius 3 is 2.43 bits per heavy atom. The Bertz CT molecular complexity index is 1430. The normalized spacial score (nSPS) is 14.9. The summed E-state index contributed by atoms with van der Waals surface area (Å²) in [5, 5.41) is 0.691. The molecular weight excluding hydrogens is 446 g/mol. The van der Waals surface area contributed by atoms with Gasteiger partial charge in [-0.15, -0.1) is 0 Å². The summed E-state index contributed by atoms with van der Waals surface area (Å²) in [6.07, 6.45) is 0.669.